The van der Waals surface area contributed by atoms with Crippen molar-refractivity contribution in [1.29, 1.82) is 0 Å². The molecule has 0 aliphatic carbocycles. The summed E-state index contributed by atoms with van der Waals surface area (Å²) in [6, 6.07) is 0.0751. The minimum absolute atomic E-state index is 0.0751. The van der Waals surface area contributed by atoms with Gasteiger partial charge in [-0.25, -0.2) is 15.0 Å². The Hall–Kier alpha value is -1.40. The third-order valence-corrected chi connectivity index (χ3v) is 4.18. The van der Waals surface area contributed by atoms with E-state index in [4.69, 9.17) is 16.3 Å². The van der Waals surface area contributed by atoms with Gasteiger partial charge in [0.2, 0.25) is 0 Å². The van der Waals surface area contributed by atoms with Crippen molar-refractivity contribution in [1.82, 2.24) is 15.0 Å². The summed E-state index contributed by atoms with van der Waals surface area (Å²) >= 11 is 7.64. The standard InChI is InChI=1S/C12H15ClN4OS/c1-6-10(19-8(3)16-6)7(2)17-12-9(18-4)11(13)14-5-15-12/h5,7H,1-4H3,(H,14,15,17). The third kappa shape index (κ3) is 2.96. The molecule has 102 valence electrons. The Morgan fingerprint density at radius 1 is 1.37 bits per heavy atom. The first-order chi connectivity index (χ1) is 9.02. The minimum atomic E-state index is 0.0751. The molecule has 0 aliphatic rings. The van der Waals surface area contributed by atoms with Gasteiger partial charge in [0, 0.05) is 4.88 Å². The molecule has 0 radical (unpaired) electrons. The molecule has 2 rings (SSSR count). The fraction of sp³-hybridized carbons (Fsp3) is 0.417. The van der Waals surface area contributed by atoms with Gasteiger partial charge in [0.1, 0.15) is 6.33 Å². The van der Waals surface area contributed by atoms with Gasteiger partial charge in [-0.05, 0) is 20.8 Å². The van der Waals surface area contributed by atoms with E-state index in [1.54, 1.807) is 18.4 Å². The Bertz CT molecular complexity index is 587. The van der Waals surface area contributed by atoms with Gasteiger partial charge >= 0.3 is 0 Å². The van der Waals surface area contributed by atoms with Gasteiger partial charge in [-0.3, -0.25) is 0 Å². The third-order valence-electron chi connectivity index (χ3n) is 2.65. The molecule has 1 unspecified atom stereocenters. The Morgan fingerprint density at radius 3 is 2.68 bits per heavy atom. The van der Waals surface area contributed by atoms with Crippen LogP contribution in [-0.2, 0) is 0 Å². The normalized spacial score (nSPS) is 12.3. The smallest absolute Gasteiger partial charge is 0.198 e. The van der Waals surface area contributed by atoms with Gasteiger partial charge in [0.25, 0.3) is 0 Å². The molecule has 0 aromatic carbocycles. The van der Waals surface area contributed by atoms with Gasteiger partial charge < -0.3 is 10.1 Å². The Kier molecular flexibility index (Phi) is 4.21. The van der Waals surface area contributed by atoms with Crippen LogP contribution in [0.15, 0.2) is 6.33 Å². The maximum absolute atomic E-state index is 5.97. The largest absolute Gasteiger partial charge is 0.490 e. The number of ether oxygens (including phenoxy) is 1. The molecule has 0 bridgehead atoms. The second-order valence-corrected chi connectivity index (χ2v) is 5.69. The van der Waals surface area contributed by atoms with Crippen molar-refractivity contribution >= 4 is 28.8 Å². The molecule has 0 aliphatic heterocycles. The fourth-order valence-corrected chi connectivity index (χ4v) is 3.00. The molecule has 0 spiro atoms. The summed E-state index contributed by atoms with van der Waals surface area (Å²) < 4.78 is 5.22. The molecule has 2 aromatic heterocycles. The maximum atomic E-state index is 5.97. The monoisotopic (exact) mass is 298 g/mol. The summed E-state index contributed by atoms with van der Waals surface area (Å²) in [7, 11) is 1.54. The van der Waals surface area contributed by atoms with Crippen molar-refractivity contribution in [3.05, 3.63) is 27.1 Å². The lowest BCUT2D eigenvalue weighted by Gasteiger charge is -2.16. The molecule has 7 heteroatoms. The molecule has 2 aromatic rings. The van der Waals surface area contributed by atoms with Crippen molar-refractivity contribution in [3.8, 4) is 5.75 Å². The molecule has 1 atom stereocenters. The lowest BCUT2D eigenvalue weighted by molar-refractivity contribution is 0.412. The number of aryl methyl sites for hydroxylation is 2. The number of halogens is 1. The second-order valence-electron chi connectivity index (χ2n) is 4.09. The van der Waals surface area contributed by atoms with Crippen LogP contribution in [0.25, 0.3) is 0 Å². The molecule has 0 fully saturated rings. The molecule has 5 nitrogen and oxygen atoms in total. The molecular formula is C12H15ClN4OS. The van der Waals surface area contributed by atoms with Crippen LogP contribution in [0.4, 0.5) is 5.82 Å². The molecule has 1 N–H and O–H groups in total. The maximum Gasteiger partial charge on any atom is 0.198 e. The van der Waals surface area contributed by atoms with Crippen LogP contribution in [0.1, 0.15) is 28.5 Å². The predicted molar refractivity (Wildman–Crippen MR) is 77.2 cm³/mol. The number of hydrogen-bond acceptors (Lipinski definition) is 6. The van der Waals surface area contributed by atoms with E-state index in [1.165, 1.54) is 11.2 Å². The quantitative estimate of drug-likeness (QED) is 0.877. The number of aromatic nitrogens is 3. The van der Waals surface area contributed by atoms with E-state index in [1.807, 2.05) is 13.8 Å². The topological polar surface area (TPSA) is 59.9 Å². The Balaban J connectivity index is 2.26. The lowest BCUT2D eigenvalue weighted by Crippen LogP contribution is -2.09. The zero-order chi connectivity index (χ0) is 14.0. The van der Waals surface area contributed by atoms with Crippen LogP contribution in [0.3, 0.4) is 0 Å². The van der Waals surface area contributed by atoms with Gasteiger partial charge in [-0.2, -0.15) is 0 Å². The lowest BCUT2D eigenvalue weighted by atomic mass is 10.2. The summed E-state index contributed by atoms with van der Waals surface area (Å²) in [5.74, 6) is 1.04. The van der Waals surface area contributed by atoms with Crippen molar-refractivity contribution in [2.45, 2.75) is 26.8 Å². The number of nitrogens with zero attached hydrogens (tertiary/aromatic N) is 3. The zero-order valence-electron chi connectivity index (χ0n) is 11.2. The highest BCUT2D eigenvalue weighted by Crippen LogP contribution is 2.33. The number of rotatable bonds is 4. The van der Waals surface area contributed by atoms with Crippen molar-refractivity contribution < 1.29 is 4.74 Å². The number of hydrogen-bond donors (Lipinski definition) is 1. The SMILES string of the molecule is COc1c(Cl)ncnc1NC(C)c1sc(C)nc1C. The zero-order valence-corrected chi connectivity index (χ0v) is 12.8. The molecule has 0 saturated carbocycles. The second kappa shape index (κ2) is 5.71. The average molecular weight is 299 g/mol. The first kappa shape index (κ1) is 14.0. The van der Waals surface area contributed by atoms with E-state index in [0.717, 1.165) is 10.7 Å². The highest BCUT2D eigenvalue weighted by atomic mass is 35.5. The number of anilines is 1. The molecule has 0 amide bonds. The Morgan fingerprint density at radius 2 is 2.11 bits per heavy atom. The summed E-state index contributed by atoms with van der Waals surface area (Å²) in [5, 5.41) is 4.63. The van der Waals surface area contributed by atoms with Crippen LogP contribution < -0.4 is 10.1 Å². The first-order valence-electron chi connectivity index (χ1n) is 5.78. The summed E-state index contributed by atoms with van der Waals surface area (Å²) in [6.45, 7) is 6.05. The van der Waals surface area contributed by atoms with Crippen LogP contribution in [0.5, 0.6) is 5.75 Å². The highest BCUT2D eigenvalue weighted by molar-refractivity contribution is 7.11. The Labute approximate surface area is 121 Å². The molecular weight excluding hydrogens is 284 g/mol. The molecule has 19 heavy (non-hydrogen) atoms. The summed E-state index contributed by atoms with van der Waals surface area (Å²) in [4.78, 5) is 13.7. The van der Waals surface area contributed by atoms with Gasteiger partial charge in [-0.1, -0.05) is 11.6 Å². The van der Waals surface area contributed by atoms with Crippen molar-refractivity contribution in [3.63, 3.8) is 0 Å². The van der Waals surface area contributed by atoms with E-state index in [9.17, 15) is 0 Å². The minimum Gasteiger partial charge on any atom is -0.490 e. The predicted octanol–water partition coefficient (Wildman–Crippen LogP) is 3.39. The van der Waals surface area contributed by atoms with Crippen molar-refractivity contribution in [2.75, 3.05) is 12.4 Å². The van der Waals surface area contributed by atoms with Crippen LogP contribution in [0.2, 0.25) is 5.15 Å². The fourth-order valence-electron chi connectivity index (χ4n) is 1.86. The number of methoxy groups -OCH3 is 1. The van der Waals surface area contributed by atoms with E-state index >= 15 is 0 Å². The summed E-state index contributed by atoms with van der Waals surface area (Å²) in [5.41, 5.74) is 1.03. The van der Waals surface area contributed by atoms with E-state index in [0.29, 0.717) is 16.7 Å². The average Bonchev–Trinajstić information content (AvgIpc) is 2.69. The number of thiazole rings is 1. The van der Waals surface area contributed by atoms with E-state index in [2.05, 4.69) is 27.2 Å². The van der Waals surface area contributed by atoms with Crippen LogP contribution in [-0.4, -0.2) is 22.1 Å². The molecule has 0 saturated heterocycles. The van der Waals surface area contributed by atoms with Crippen molar-refractivity contribution in [2.24, 2.45) is 0 Å². The van der Waals surface area contributed by atoms with Gasteiger partial charge in [0.15, 0.2) is 16.7 Å². The number of nitrogens with one attached hydrogen (secondary N) is 1. The molecule has 2 heterocycles. The first-order valence-corrected chi connectivity index (χ1v) is 6.97. The van der Waals surface area contributed by atoms with E-state index < -0.39 is 0 Å². The van der Waals surface area contributed by atoms with Gasteiger partial charge in [0.05, 0.1) is 23.9 Å². The van der Waals surface area contributed by atoms with E-state index in [-0.39, 0.29) is 6.04 Å². The van der Waals surface area contributed by atoms with Crippen LogP contribution in [0, 0.1) is 13.8 Å². The summed E-state index contributed by atoms with van der Waals surface area (Å²) in [6.07, 6.45) is 1.41. The van der Waals surface area contributed by atoms with Gasteiger partial charge in [-0.15, -0.1) is 11.3 Å². The van der Waals surface area contributed by atoms with Crippen LogP contribution >= 0.6 is 22.9 Å². The highest BCUT2D eigenvalue weighted by Gasteiger charge is 2.17.